The van der Waals surface area contributed by atoms with Crippen molar-refractivity contribution in [3.05, 3.63) is 48.3 Å². The molecule has 1 aromatic carbocycles. The average Bonchev–Trinajstić information content (AvgIpc) is 2.85. The molecule has 1 heterocycles. The molecule has 0 radical (unpaired) electrons. The molecule has 1 N–H and O–H groups in total. The van der Waals surface area contributed by atoms with E-state index in [1.165, 1.54) is 11.3 Å². The Bertz CT molecular complexity index is 483. The first-order chi connectivity index (χ1) is 8.69. The number of nitrogens with zero attached hydrogens (tertiary/aromatic N) is 2. The Balaban J connectivity index is 1.93. The minimum absolute atomic E-state index is 0.869. The molecule has 0 saturated carbocycles. The van der Waals surface area contributed by atoms with Crippen molar-refractivity contribution in [2.24, 2.45) is 0 Å². The van der Waals surface area contributed by atoms with Gasteiger partial charge in [-0.15, -0.1) is 0 Å². The van der Waals surface area contributed by atoms with Crippen LogP contribution in [0.2, 0.25) is 0 Å². The molecule has 0 aliphatic rings. The van der Waals surface area contributed by atoms with Gasteiger partial charge in [0.15, 0.2) is 0 Å². The van der Waals surface area contributed by atoms with E-state index in [9.17, 15) is 0 Å². The van der Waals surface area contributed by atoms with Crippen LogP contribution in [0.15, 0.2) is 42.7 Å². The van der Waals surface area contributed by atoms with Crippen molar-refractivity contribution in [2.75, 3.05) is 24.3 Å². The van der Waals surface area contributed by atoms with E-state index in [1.54, 1.807) is 0 Å². The lowest BCUT2D eigenvalue weighted by molar-refractivity contribution is 0.766. The molecule has 0 fully saturated rings. The number of anilines is 2. The van der Waals surface area contributed by atoms with Crippen LogP contribution < -0.4 is 10.2 Å². The summed E-state index contributed by atoms with van der Waals surface area (Å²) < 4.78 is 2.19. The Morgan fingerprint density at radius 3 is 2.39 bits per heavy atom. The number of hydrogen-bond donors (Lipinski definition) is 1. The Morgan fingerprint density at radius 1 is 1.11 bits per heavy atom. The van der Waals surface area contributed by atoms with Crippen molar-refractivity contribution < 1.29 is 0 Å². The standard InChI is InChI=1S/C15H21N3/c1-4-18-10-9-13(12-18)11-16-14-5-7-15(8-6-14)17(2)3/h5-10,12,16H,4,11H2,1-3H3. The molecule has 2 rings (SSSR count). The van der Waals surface area contributed by atoms with Gasteiger partial charge in [-0.3, -0.25) is 0 Å². The highest BCUT2D eigenvalue weighted by Crippen LogP contribution is 2.16. The zero-order valence-electron chi connectivity index (χ0n) is 11.4. The summed E-state index contributed by atoms with van der Waals surface area (Å²) in [6.45, 7) is 4.04. The molecular formula is C15H21N3. The fraction of sp³-hybridized carbons (Fsp3) is 0.333. The molecule has 3 nitrogen and oxygen atoms in total. The molecule has 96 valence electrons. The van der Waals surface area contributed by atoms with Crippen molar-refractivity contribution in [3.63, 3.8) is 0 Å². The molecule has 0 spiro atoms. The van der Waals surface area contributed by atoms with Gasteiger partial charge in [0.1, 0.15) is 0 Å². The van der Waals surface area contributed by atoms with Crippen LogP contribution in [0, 0.1) is 0 Å². The van der Waals surface area contributed by atoms with Crippen molar-refractivity contribution >= 4 is 11.4 Å². The summed E-state index contributed by atoms with van der Waals surface area (Å²) in [4.78, 5) is 2.10. The quantitative estimate of drug-likeness (QED) is 0.870. The summed E-state index contributed by atoms with van der Waals surface area (Å²) in [7, 11) is 4.10. The van der Waals surface area contributed by atoms with Gasteiger partial charge in [-0.25, -0.2) is 0 Å². The van der Waals surface area contributed by atoms with Crippen molar-refractivity contribution in [1.82, 2.24) is 4.57 Å². The summed E-state index contributed by atoms with van der Waals surface area (Å²) in [5, 5.41) is 3.43. The van der Waals surface area contributed by atoms with Gasteiger partial charge in [0.2, 0.25) is 0 Å². The molecule has 0 bridgehead atoms. The predicted molar refractivity (Wildman–Crippen MR) is 78.2 cm³/mol. The molecule has 0 aliphatic heterocycles. The van der Waals surface area contributed by atoms with Gasteiger partial charge >= 0.3 is 0 Å². The zero-order chi connectivity index (χ0) is 13.0. The summed E-state index contributed by atoms with van der Waals surface area (Å²) in [5.41, 5.74) is 3.69. The second kappa shape index (κ2) is 5.63. The van der Waals surface area contributed by atoms with E-state index in [0.717, 1.165) is 18.8 Å². The van der Waals surface area contributed by atoms with Gasteiger partial charge < -0.3 is 14.8 Å². The van der Waals surface area contributed by atoms with E-state index < -0.39 is 0 Å². The Morgan fingerprint density at radius 2 is 1.83 bits per heavy atom. The first-order valence-electron chi connectivity index (χ1n) is 6.35. The van der Waals surface area contributed by atoms with E-state index in [-0.39, 0.29) is 0 Å². The fourth-order valence-electron chi connectivity index (χ4n) is 1.87. The molecule has 1 aromatic heterocycles. The number of nitrogens with one attached hydrogen (secondary N) is 1. The second-order valence-electron chi connectivity index (χ2n) is 4.65. The highest BCUT2D eigenvalue weighted by atomic mass is 15.1. The molecule has 2 aromatic rings. The van der Waals surface area contributed by atoms with Crippen LogP contribution in [0.3, 0.4) is 0 Å². The van der Waals surface area contributed by atoms with Gasteiger partial charge in [-0.05, 0) is 42.8 Å². The second-order valence-corrected chi connectivity index (χ2v) is 4.65. The smallest absolute Gasteiger partial charge is 0.0415 e. The van der Waals surface area contributed by atoms with Crippen molar-refractivity contribution in [2.45, 2.75) is 20.0 Å². The molecule has 0 atom stereocenters. The summed E-state index contributed by atoms with van der Waals surface area (Å²) in [5.74, 6) is 0. The maximum absolute atomic E-state index is 3.43. The van der Waals surface area contributed by atoms with Crippen LogP contribution in [-0.2, 0) is 13.1 Å². The first kappa shape index (κ1) is 12.6. The Hall–Kier alpha value is -1.90. The lowest BCUT2D eigenvalue weighted by atomic mass is 10.2. The molecule has 3 heteroatoms. The van der Waals surface area contributed by atoms with Crippen LogP contribution in [0.4, 0.5) is 11.4 Å². The zero-order valence-corrected chi connectivity index (χ0v) is 11.4. The molecular weight excluding hydrogens is 222 g/mol. The Kier molecular flexibility index (Phi) is 3.92. The third kappa shape index (κ3) is 3.06. The van der Waals surface area contributed by atoms with E-state index in [1.807, 2.05) is 0 Å². The first-order valence-corrected chi connectivity index (χ1v) is 6.35. The molecule has 0 saturated heterocycles. The molecule has 0 unspecified atom stereocenters. The Labute approximate surface area is 109 Å². The monoisotopic (exact) mass is 243 g/mol. The number of rotatable bonds is 5. The van der Waals surface area contributed by atoms with Gasteiger partial charge in [0.25, 0.3) is 0 Å². The SMILES string of the molecule is CCn1ccc(CNc2ccc(N(C)C)cc2)c1. The van der Waals surface area contributed by atoms with Crippen LogP contribution in [0.5, 0.6) is 0 Å². The van der Waals surface area contributed by atoms with E-state index in [4.69, 9.17) is 0 Å². The van der Waals surface area contributed by atoms with E-state index >= 15 is 0 Å². The van der Waals surface area contributed by atoms with Crippen LogP contribution in [-0.4, -0.2) is 18.7 Å². The topological polar surface area (TPSA) is 20.2 Å². The maximum atomic E-state index is 3.43. The van der Waals surface area contributed by atoms with Crippen LogP contribution >= 0.6 is 0 Å². The number of aryl methyl sites for hydroxylation is 1. The van der Waals surface area contributed by atoms with E-state index in [0.29, 0.717) is 0 Å². The summed E-state index contributed by atoms with van der Waals surface area (Å²) in [6.07, 6.45) is 4.30. The van der Waals surface area contributed by atoms with Crippen molar-refractivity contribution in [1.29, 1.82) is 0 Å². The predicted octanol–water partition coefficient (Wildman–Crippen LogP) is 3.19. The summed E-state index contributed by atoms with van der Waals surface area (Å²) in [6, 6.07) is 10.6. The molecule has 18 heavy (non-hydrogen) atoms. The lowest BCUT2D eigenvalue weighted by Crippen LogP contribution is -2.08. The van der Waals surface area contributed by atoms with Gasteiger partial charge in [0.05, 0.1) is 0 Å². The van der Waals surface area contributed by atoms with Crippen LogP contribution in [0.1, 0.15) is 12.5 Å². The average molecular weight is 243 g/mol. The normalized spacial score (nSPS) is 10.4. The minimum Gasteiger partial charge on any atom is -0.381 e. The van der Waals surface area contributed by atoms with Crippen LogP contribution in [0.25, 0.3) is 0 Å². The highest BCUT2D eigenvalue weighted by molar-refractivity contribution is 5.54. The van der Waals surface area contributed by atoms with E-state index in [2.05, 4.69) is 78.5 Å². The minimum atomic E-state index is 0.869. The summed E-state index contributed by atoms with van der Waals surface area (Å²) >= 11 is 0. The third-order valence-electron chi connectivity index (χ3n) is 3.06. The lowest BCUT2D eigenvalue weighted by Gasteiger charge is -2.13. The fourth-order valence-corrected chi connectivity index (χ4v) is 1.87. The van der Waals surface area contributed by atoms with Gasteiger partial charge in [-0.1, -0.05) is 0 Å². The van der Waals surface area contributed by atoms with Gasteiger partial charge in [0, 0.05) is 51.0 Å². The van der Waals surface area contributed by atoms with Crippen molar-refractivity contribution in [3.8, 4) is 0 Å². The molecule has 0 amide bonds. The number of hydrogen-bond acceptors (Lipinski definition) is 2. The maximum Gasteiger partial charge on any atom is 0.0415 e. The third-order valence-corrected chi connectivity index (χ3v) is 3.06. The number of benzene rings is 1. The largest absolute Gasteiger partial charge is 0.381 e. The number of aromatic nitrogens is 1. The highest BCUT2D eigenvalue weighted by Gasteiger charge is 1.98. The van der Waals surface area contributed by atoms with Gasteiger partial charge in [-0.2, -0.15) is 0 Å². The molecule has 0 aliphatic carbocycles.